The van der Waals surface area contributed by atoms with E-state index in [9.17, 15) is 13.6 Å². The number of unbranched alkanes of at least 4 members (excludes halogenated alkanes) is 1. The number of carbonyl (C=O) groups excluding carboxylic acids is 1. The van der Waals surface area contributed by atoms with Crippen molar-refractivity contribution in [1.29, 1.82) is 0 Å². The molecule has 0 saturated heterocycles. The zero-order valence-corrected chi connectivity index (χ0v) is 12.1. The minimum Gasteiger partial charge on any atom is -0.393 e. The van der Waals surface area contributed by atoms with Gasteiger partial charge in [-0.2, -0.15) is 0 Å². The van der Waals surface area contributed by atoms with Gasteiger partial charge < -0.3 is 10.4 Å². The highest BCUT2D eigenvalue weighted by atomic mass is 19.3. The van der Waals surface area contributed by atoms with Crippen molar-refractivity contribution < 1.29 is 18.7 Å². The zero-order valence-electron chi connectivity index (χ0n) is 12.1. The highest BCUT2D eigenvalue weighted by Crippen LogP contribution is 2.26. The molecule has 19 heavy (non-hydrogen) atoms. The fourth-order valence-electron chi connectivity index (χ4n) is 1.87. The third-order valence-corrected chi connectivity index (χ3v) is 2.93. The maximum Gasteiger partial charge on any atom is 0.248 e. The molecule has 0 spiro atoms. The van der Waals surface area contributed by atoms with E-state index in [-0.39, 0.29) is 24.9 Å². The van der Waals surface area contributed by atoms with Crippen molar-refractivity contribution in [2.75, 3.05) is 6.54 Å². The molecule has 0 rings (SSSR count). The minimum absolute atomic E-state index is 0.0709. The summed E-state index contributed by atoms with van der Waals surface area (Å²) < 4.78 is 26.3. The van der Waals surface area contributed by atoms with Crippen LogP contribution in [0.5, 0.6) is 0 Å². The predicted molar refractivity (Wildman–Crippen MR) is 72.2 cm³/mol. The molecule has 0 aromatic rings. The number of aliphatic hydroxyl groups excluding tert-OH is 1. The SMILES string of the molecule is CCCC(F)(F)CCCCC(=O)NCCCC(C)O. The van der Waals surface area contributed by atoms with E-state index < -0.39 is 5.92 Å². The Kier molecular flexibility index (Phi) is 9.74. The van der Waals surface area contributed by atoms with Gasteiger partial charge in [-0.25, -0.2) is 8.78 Å². The van der Waals surface area contributed by atoms with E-state index in [0.717, 1.165) is 6.42 Å². The van der Waals surface area contributed by atoms with Crippen LogP contribution in [0.25, 0.3) is 0 Å². The van der Waals surface area contributed by atoms with Crippen molar-refractivity contribution in [3.8, 4) is 0 Å². The van der Waals surface area contributed by atoms with Crippen molar-refractivity contribution in [2.24, 2.45) is 0 Å². The monoisotopic (exact) mass is 279 g/mol. The Morgan fingerprint density at radius 1 is 1.26 bits per heavy atom. The van der Waals surface area contributed by atoms with Gasteiger partial charge in [0.25, 0.3) is 0 Å². The molecule has 114 valence electrons. The van der Waals surface area contributed by atoms with Crippen molar-refractivity contribution >= 4 is 5.91 Å². The first-order valence-electron chi connectivity index (χ1n) is 7.20. The van der Waals surface area contributed by atoms with E-state index in [1.165, 1.54) is 0 Å². The molecule has 0 aliphatic rings. The summed E-state index contributed by atoms with van der Waals surface area (Å²) in [5.41, 5.74) is 0. The van der Waals surface area contributed by atoms with Crippen LogP contribution < -0.4 is 5.32 Å². The number of carbonyl (C=O) groups is 1. The Hall–Kier alpha value is -0.710. The first-order valence-corrected chi connectivity index (χ1v) is 7.20. The van der Waals surface area contributed by atoms with Crippen molar-refractivity contribution in [2.45, 2.75) is 77.2 Å². The first kappa shape index (κ1) is 18.3. The van der Waals surface area contributed by atoms with Gasteiger partial charge in [0.05, 0.1) is 6.10 Å². The van der Waals surface area contributed by atoms with E-state index in [0.29, 0.717) is 38.6 Å². The van der Waals surface area contributed by atoms with E-state index in [2.05, 4.69) is 5.32 Å². The Morgan fingerprint density at radius 2 is 1.95 bits per heavy atom. The molecule has 0 heterocycles. The average molecular weight is 279 g/mol. The Morgan fingerprint density at radius 3 is 2.53 bits per heavy atom. The van der Waals surface area contributed by atoms with Crippen LogP contribution in [0.1, 0.15) is 65.2 Å². The first-order chi connectivity index (χ1) is 8.87. The normalized spacial score (nSPS) is 13.3. The molecule has 3 nitrogen and oxygen atoms in total. The number of aliphatic hydroxyl groups is 1. The molecular weight excluding hydrogens is 252 g/mol. The molecule has 0 aromatic carbocycles. The molecule has 0 bridgehead atoms. The largest absolute Gasteiger partial charge is 0.393 e. The third-order valence-electron chi connectivity index (χ3n) is 2.93. The maximum atomic E-state index is 13.1. The minimum atomic E-state index is -2.58. The third kappa shape index (κ3) is 12.1. The lowest BCUT2D eigenvalue weighted by molar-refractivity contribution is -0.121. The number of hydrogen-bond acceptors (Lipinski definition) is 2. The van der Waals surface area contributed by atoms with Crippen LogP contribution in [0.3, 0.4) is 0 Å². The molecule has 1 unspecified atom stereocenters. The Balaban J connectivity index is 3.48. The molecule has 0 fully saturated rings. The van der Waals surface area contributed by atoms with Gasteiger partial charge in [-0.05, 0) is 32.6 Å². The van der Waals surface area contributed by atoms with Crippen LogP contribution in [0, 0.1) is 0 Å². The summed E-state index contributed by atoms with van der Waals surface area (Å²) in [4.78, 5) is 11.4. The summed E-state index contributed by atoms with van der Waals surface area (Å²) in [6.45, 7) is 3.99. The zero-order chi connectivity index (χ0) is 14.7. The number of alkyl halides is 2. The number of rotatable bonds is 11. The summed E-state index contributed by atoms with van der Waals surface area (Å²) in [7, 11) is 0. The van der Waals surface area contributed by atoms with Gasteiger partial charge in [-0.3, -0.25) is 4.79 Å². The van der Waals surface area contributed by atoms with Gasteiger partial charge >= 0.3 is 0 Å². The standard InChI is InChI=1S/C14H27F2NO2/c1-3-9-14(15,16)10-5-4-8-13(19)17-11-6-7-12(2)18/h12,18H,3-11H2,1-2H3,(H,17,19). The lowest BCUT2D eigenvalue weighted by atomic mass is 10.1. The second kappa shape index (κ2) is 10.1. The summed E-state index contributed by atoms with van der Waals surface area (Å²) in [6.07, 6.45) is 2.51. The van der Waals surface area contributed by atoms with Crippen LogP contribution in [0.4, 0.5) is 8.78 Å². The van der Waals surface area contributed by atoms with Crippen molar-refractivity contribution in [3.05, 3.63) is 0 Å². The van der Waals surface area contributed by atoms with Gasteiger partial charge in [0.2, 0.25) is 11.8 Å². The summed E-state index contributed by atoms with van der Waals surface area (Å²) in [5.74, 6) is -2.67. The van der Waals surface area contributed by atoms with Gasteiger partial charge in [0.1, 0.15) is 0 Å². The smallest absolute Gasteiger partial charge is 0.248 e. The van der Waals surface area contributed by atoms with Crippen LogP contribution in [0.2, 0.25) is 0 Å². The summed E-state index contributed by atoms with van der Waals surface area (Å²) in [5, 5.41) is 11.8. The molecule has 0 aliphatic heterocycles. The van der Waals surface area contributed by atoms with Gasteiger partial charge in [0.15, 0.2) is 0 Å². The molecule has 5 heteroatoms. The number of hydrogen-bond donors (Lipinski definition) is 2. The maximum absolute atomic E-state index is 13.1. The second-order valence-corrected chi connectivity index (χ2v) is 5.15. The van der Waals surface area contributed by atoms with Crippen LogP contribution in [-0.4, -0.2) is 29.6 Å². The molecular formula is C14H27F2NO2. The predicted octanol–water partition coefficient (Wildman–Crippen LogP) is 3.26. The lowest BCUT2D eigenvalue weighted by Crippen LogP contribution is -2.24. The highest BCUT2D eigenvalue weighted by Gasteiger charge is 2.26. The van der Waals surface area contributed by atoms with Crippen molar-refractivity contribution in [1.82, 2.24) is 5.32 Å². The summed E-state index contributed by atoms with van der Waals surface area (Å²) >= 11 is 0. The van der Waals surface area contributed by atoms with Gasteiger partial charge in [-0.1, -0.05) is 13.3 Å². The molecule has 1 atom stereocenters. The van der Waals surface area contributed by atoms with Crippen LogP contribution >= 0.6 is 0 Å². The quantitative estimate of drug-likeness (QED) is 0.570. The van der Waals surface area contributed by atoms with E-state index >= 15 is 0 Å². The van der Waals surface area contributed by atoms with E-state index in [4.69, 9.17) is 5.11 Å². The summed E-state index contributed by atoms with van der Waals surface area (Å²) in [6, 6.07) is 0. The number of amides is 1. The Bertz CT molecular complexity index is 246. The van der Waals surface area contributed by atoms with Crippen molar-refractivity contribution in [3.63, 3.8) is 0 Å². The van der Waals surface area contributed by atoms with E-state index in [1.807, 2.05) is 0 Å². The molecule has 2 N–H and O–H groups in total. The van der Waals surface area contributed by atoms with Gasteiger partial charge in [0, 0.05) is 25.8 Å². The topological polar surface area (TPSA) is 49.3 Å². The average Bonchev–Trinajstić information content (AvgIpc) is 2.30. The van der Waals surface area contributed by atoms with Crippen LogP contribution in [-0.2, 0) is 4.79 Å². The Labute approximate surface area is 114 Å². The fraction of sp³-hybridized carbons (Fsp3) is 0.929. The second-order valence-electron chi connectivity index (χ2n) is 5.15. The number of halogens is 2. The number of nitrogens with one attached hydrogen (secondary N) is 1. The van der Waals surface area contributed by atoms with Gasteiger partial charge in [-0.15, -0.1) is 0 Å². The van der Waals surface area contributed by atoms with Crippen LogP contribution in [0.15, 0.2) is 0 Å². The molecule has 0 radical (unpaired) electrons. The molecule has 1 amide bonds. The fourth-order valence-corrected chi connectivity index (χ4v) is 1.87. The highest BCUT2D eigenvalue weighted by molar-refractivity contribution is 5.75. The molecule has 0 aromatic heterocycles. The lowest BCUT2D eigenvalue weighted by Gasteiger charge is -2.14. The van der Waals surface area contributed by atoms with E-state index in [1.54, 1.807) is 13.8 Å². The molecule has 0 saturated carbocycles. The molecule has 0 aliphatic carbocycles.